The maximum atomic E-state index is 3.71. The lowest BCUT2D eigenvalue weighted by atomic mass is 9.97. The van der Waals surface area contributed by atoms with Gasteiger partial charge in [-0.1, -0.05) is 33.6 Å². The zero-order chi connectivity index (χ0) is 11.3. The summed E-state index contributed by atoms with van der Waals surface area (Å²) in [5.74, 6) is 2.75. The molecule has 1 N–H and O–H groups in total. The summed E-state index contributed by atoms with van der Waals surface area (Å²) < 4.78 is 0. The third kappa shape index (κ3) is 5.01. The maximum absolute atomic E-state index is 3.71. The largest absolute Gasteiger partial charge is 0.314 e. The van der Waals surface area contributed by atoms with Crippen LogP contribution in [0.1, 0.15) is 59.8 Å². The lowest BCUT2D eigenvalue weighted by Crippen LogP contribution is -2.32. The predicted octanol–water partition coefficient (Wildman–Crippen LogP) is 3.84. The SMILES string of the molecule is CC(C)CCC(C)NCC1CCCC1C. The Balaban J connectivity index is 2.08. The number of rotatable bonds is 6. The van der Waals surface area contributed by atoms with Crippen molar-refractivity contribution >= 4 is 0 Å². The summed E-state index contributed by atoms with van der Waals surface area (Å²) in [5.41, 5.74) is 0. The summed E-state index contributed by atoms with van der Waals surface area (Å²) in [4.78, 5) is 0. The Kier molecular flexibility index (Phi) is 5.66. The quantitative estimate of drug-likeness (QED) is 0.704. The first-order chi connectivity index (χ1) is 7.09. The number of hydrogen-bond acceptors (Lipinski definition) is 1. The summed E-state index contributed by atoms with van der Waals surface area (Å²) in [6.45, 7) is 10.6. The third-order valence-electron chi connectivity index (χ3n) is 3.94. The van der Waals surface area contributed by atoms with Gasteiger partial charge >= 0.3 is 0 Å². The first-order valence-corrected chi connectivity index (χ1v) is 6.83. The Labute approximate surface area is 96.0 Å². The van der Waals surface area contributed by atoms with Gasteiger partial charge in [0.25, 0.3) is 0 Å². The first kappa shape index (κ1) is 13.0. The second-order valence-corrected chi connectivity index (χ2v) is 5.95. The fraction of sp³-hybridized carbons (Fsp3) is 1.00. The zero-order valence-corrected chi connectivity index (χ0v) is 11.1. The van der Waals surface area contributed by atoms with E-state index in [-0.39, 0.29) is 0 Å². The molecule has 0 aromatic heterocycles. The van der Waals surface area contributed by atoms with Crippen molar-refractivity contribution in [3.63, 3.8) is 0 Å². The second kappa shape index (κ2) is 6.52. The molecule has 0 aromatic carbocycles. The molecule has 3 unspecified atom stereocenters. The van der Waals surface area contributed by atoms with Gasteiger partial charge in [0, 0.05) is 6.04 Å². The molecule has 0 radical (unpaired) electrons. The van der Waals surface area contributed by atoms with Crippen LogP contribution in [0.5, 0.6) is 0 Å². The van der Waals surface area contributed by atoms with E-state index in [1.165, 1.54) is 38.6 Å². The van der Waals surface area contributed by atoms with Crippen LogP contribution in [0.4, 0.5) is 0 Å². The smallest absolute Gasteiger partial charge is 0.00389 e. The number of hydrogen-bond donors (Lipinski definition) is 1. The maximum Gasteiger partial charge on any atom is 0.00389 e. The van der Waals surface area contributed by atoms with Crippen LogP contribution in [0.15, 0.2) is 0 Å². The Morgan fingerprint density at radius 3 is 2.40 bits per heavy atom. The molecule has 3 atom stereocenters. The van der Waals surface area contributed by atoms with E-state index in [4.69, 9.17) is 0 Å². The van der Waals surface area contributed by atoms with Crippen molar-refractivity contribution in [3.05, 3.63) is 0 Å². The standard InChI is InChI=1S/C14H29N/c1-11(2)8-9-13(4)15-10-14-7-5-6-12(14)3/h11-15H,5-10H2,1-4H3. The third-order valence-corrected chi connectivity index (χ3v) is 3.94. The lowest BCUT2D eigenvalue weighted by Gasteiger charge is -2.20. The van der Waals surface area contributed by atoms with Crippen molar-refractivity contribution in [1.29, 1.82) is 0 Å². The molecule has 1 heteroatoms. The highest BCUT2D eigenvalue weighted by Gasteiger charge is 2.23. The fourth-order valence-corrected chi connectivity index (χ4v) is 2.56. The van der Waals surface area contributed by atoms with Gasteiger partial charge in [-0.2, -0.15) is 0 Å². The minimum atomic E-state index is 0.709. The van der Waals surface area contributed by atoms with Gasteiger partial charge in [-0.25, -0.2) is 0 Å². The summed E-state index contributed by atoms with van der Waals surface area (Å²) in [7, 11) is 0. The monoisotopic (exact) mass is 211 g/mol. The first-order valence-electron chi connectivity index (χ1n) is 6.83. The van der Waals surface area contributed by atoms with E-state index < -0.39 is 0 Å². The average Bonchev–Trinajstić information content (AvgIpc) is 2.58. The van der Waals surface area contributed by atoms with Crippen LogP contribution in [0.2, 0.25) is 0 Å². The van der Waals surface area contributed by atoms with Crippen LogP contribution in [-0.2, 0) is 0 Å². The van der Waals surface area contributed by atoms with E-state index in [0.717, 1.165) is 17.8 Å². The molecule has 0 bridgehead atoms. The van der Waals surface area contributed by atoms with Gasteiger partial charge in [-0.3, -0.25) is 0 Å². The van der Waals surface area contributed by atoms with Gasteiger partial charge in [0.2, 0.25) is 0 Å². The van der Waals surface area contributed by atoms with Gasteiger partial charge < -0.3 is 5.32 Å². The Morgan fingerprint density at radius 1 is 1.13 bits per heavy atom. The van der Waals surface area contributed by atoms with Crippen molar-refractivity contribution in [1.82, 2.24) is 5.32 Å². The molecular weight excluding hydrogens is 182 g/mol. The summed E-state index contributed by atoms with van der Waals surface area (Å²) in [6.07, 6.45) is 7.04. The molecule has 1 aliphatic carbocycles. The van der Waals surface area contributed by atoms with E-state index >= 15 is 0 Å². The van der Waals surface area contributed by atoms with E-state index in [2.05, 4.69) is 33.0 Å². The van der Waals surface area contributed by atoms with E-state index in [1.54, 1.807) is 0 Å². The van der Waals surface area contributed by atoms with Crippen molar-refractivity contribution in [2.45, 2.75) is 65.8 Å². The average molecular weight is 211 g/mol. The number of nitrogens with one attached hydrogen (secondary N) is 1. The molecule has 0 aliphatic heterocycles. The van der Waals surface area contributed by atoms with Crippen LogP contribution < -0.4 is 5.32 Å². The van der Waals surface area contributed by atoms with E-state index in [0.29, 0.717) is 6.04 Å². The minimum absolute atomic E-state index is 0.709. The molecule has 0 heterocycles. The molecule has 90 valence electrons. The van der Waals surface area contributed by atoms with Gasteiger partial charge in [-0.15, -0.1) is 0 Å². The molecule has 0 aromatic rings. The second-order valence-electron chi connectivity index (χ2n) is 5.95. The van der Waals surface area contributed by atoms with Gasteiger partial charge in [0.1, 0.15) is 0 Å². The Bertz CT molecular complexity index is 165. The molecular formula is C14H29N. The Morgan fingerprint density at radius 2 is 1.87 bits per heavy atom. The highest BCUT2D eigenvalue weighted by atomic mass is 14.9. The molecule has 1 aliphatic rings. The molecule has 0 amide bonds. The van der Waals surface area contributed by atoms with Crippen LogP contribution in [0, 0.1) is 17.8 Å². The van der Waals surface area contributed by atoms with Crippen LogP contribution in [0.25, 0.3) is 0 Å². The van der Waals surface area contributed by atoms with Crippen molar-refractivity contribution in [2.75, 3.05) is 6.54 Å². The highest BCUT2D eigenvalue weighted by Crippen LogP contribution is 2.30. The predicted molar refractivity (Wildman–Crippen MR) is 68.0 cm³/mol. The molecule has 1 saturated carbocycles. The van der Waals surface area contributed by atoms with Gasteiger partial charge in [0.15, 0.2) is 0 Å². The van der Waals surface area contributed by atoms with E-state index in [1.807, 2.05) is 0 Å². The molecule has 1 fully saturated rings. The van der Waals surface area contributed by atoms with Crippen LogP contribution >= 0.6 is 0 Å². The van der Waals surface area contributed by atoms with Gasteiger partial charge in [0.05, 0.1) is 0 Å². The van der Waals surface area contributed by atoms with E-state index in [9.17, 15) is 0 Å². The lowest BCUT2D eigenvalue weighted by molar-refractivity contribution is 0.357. The van der Waals surface area contributed by atoms with Crippen LogP contribution in [0.3, 0.4) is 0 Å². The van der Waals surface area contributed by atoms with Crippen molar-refractivity contribution in [3.8, 4) is 0 Å². The molecule has 0 saturated heterocycles. The molecule has 1 rings (SSSR count). The summed E-state index contributed by atoms with van der Waals surface area (Å²) in [6, 6.07) is 0.709. The fourth-order valence-electron chi connectivity index (χ4n) is 2.56. The van der Waals surface area contributed by atoms with Crippen molar-refractivity contribution < 1.29 is 0 Å². The Hall–Kier alpha value is -0.0400. The van der Waals surface area contributed by atoms with Crippen molar-refractivity contribution in [2.24, 2.45) is 17.8 Å². The van der Waals surface area contributed by atoms with Crippen LogP contribution in [-0.4, -0.2) is 12.6 Å². The zero-order valence-electron chi connectivity index (χ0n) is 11.1. The highest BCUT2D eigenvalue weighted by molar-refractivity contribution is 4.77. The molecule has 1 nitrogen and oxygen atoms in total. The molecule has 15 heavy (non-hydrogen) atoms. The normalized spacial score (nSPS) is 28.6. The molecule has 0 spiro atoms. The minimum Gasteiger partial charge on any atom is -0.314 e. The topological polar surface area (TPSA) is 12.0 Å². The summed E-state index contributed by atoms with van der Waals surface area (Å²) >= 11 is 0. The van der Waals surface area contributed by atoms with Gasteiger partial charge in [-0.05, 0) is 50.5 Å². The summed E-state index contributed by atoms with van der Waals surface area (Å²) in [5, 5.41) is 3.71.